The van der Waals surface area contributed by atoms with Gasteiger partial charge in [-0.3, -0.25) is 0 Å². The Labute approximate surface area is 246 Å². The normalized spacial score (nSPS) is 13.3. The Morgan fingerprint density at radius 2 is 0.976 bits per heavy atom. The molecule has 4 aromatic carbocycles. The van der Waals surface area contributed by atoms with Gasteiger partial charge >= 0.3 is 0 Å². The van der Waals surface area contributed by atoms with Crippen molar-refractivity contribution in [3.05, 3.63) is 108 Å². The Bertz CT molecular complexity index is 1530. The zero-order valence-electron chi connectivity index (χ0n) is 23.8. The van der Waals surface area contributed by atoms with E-state index in [1.54, 1.807) is 31.2 Å². The van der Waals surface area contributed by atoms with Gasteiger partial charge in [-0.1, -0.05) is 38.1 Å². The van der Waals surface area contributed by atoms with Gasteiger partial charge in [-0.2, -0.15) is 0 Å². The smallest absolute Gasteiger partial charge is 0.206 e. The molecule has 0 aliphatic carbocycles. The lowest BCUT2D eigenvalue weighted by Crippen LogP contribution is -2.25. The third kappa shape index (κ3) is 7.82. The van der Waals surface area contributed by atoms with Crippen molar-refractivity contribution in [2.24, 2.45) is 0 Å². The van der Waals surface area contributed by atoms with Gasteiger partial charge in [0.05, 0.1) is 15.9 Å². The number of phenols is 1. The largest absolute Gasteiger partial charge is 0.508 e. The summed E-state index contributed by atoms with van der Waals surface area (Å²) in [6.45, 7) is 5.90. The molecule has 0 aliphatic rings. The molecular weight excluding hydrogens is 556 g/mol. The zero-order valence-corrected chi connectivity index (χ0v) is 24.6. The minimum Gasteiger partial charge on any atom is -0.508 e. The lowest BCUT2D eigenvalue weighted by Gasteiger charge is -2.26. The molecule has 0 aliphatic heterocycles. The van der Waals surface area contributed by atoms with E-state index < -0.39 is 22.0 Å². The Balaban J connectivity index is 1.27. The summed E-state index contributed by atoms with van der Waals surface area (Å²) >= 11 is 0. The molecule has 0 heterocycles. The maximum atomic E-state index is 13.0. The molecule has 0 fully saturated rings. The topological polar surface area (TPSA) is 123 Å². The number of hydrogen-bond donors (Lipinski definition) is 3. The summed E-state index contributed by atoms with van der Waals surface area (Å²) in [7, 11) is -3.74. The Morgan fingerprint density at radius 1 is 0.619 bits per heavy atom. The van der Waals surface area contributed by atoms with Crippen LogP contribution in [0, 0.1) is 0 Å². The van der Waals surface area contributed by atoms with E-state index in [1.807, 2.05) is 36.4 Å². The van der Waals surface area contributed by atoms with Gasteiger partial charge in [0.1, 0.15) is 48.9 Å². The van der Waals surface area contributed by atoms with Crippen LogP contribution >= 0.6 is 0 Å². The first-order valence-electron chi connectivity index (χ1n) is 13.5. The molecule has 0 amide bonds. The van der Waals surface area contributed by atoms with Crippen molar-refractivity contribution in [2.75, 3.05) is 19.8 Å². The summed E-state index contributed by atoms with van der Waals surface area (Å²) in [6.07, 6.45) is -1.53. The van der Waals surface area contributed by atoms with Crippen molar-refractivity contribution in [2.45, 2.75) is 48.2 Å². The van der Waals surface area contributed by atoms with Crippen molar-refractivity contribution >= 4 is 9.84 Å². The number of aromatic hydroxyl groups is 1. The summed E-state index contributed by atoms with van der Waals surface area (Å²) < 4.78 is 42.7. The number of rotatable bonds is 13. The van der Waals surface area contributed by atoms with E-state index in [4.69, 9.17) is 14.2 Å². The van der Waals surface area contributed by atoms with E-state index in [9.17, 15) is 23.7 Å². The van der Waals surface area contributed by atoms with Crippen LogP contribution in [-0.2, 0) is 15.3 Å². The van der Waals surface area contributed by atoms with Gasteiger partial charge in [0.25, 0.3) is 0 Å². The third-order valence-electron chi connectivity index (χ3n) is 6.81. The molecule has 0 bridgehead atoms. The summed E-state index contributed by atoms with van der Waals surface area (Å²) in [4.78, 5) is 0.221. The van der Waals surface area contributed by atoms with Crippen molar-refractivity contribution < 1.29 is 37.9 Å². The molecule has 9 heteroatoms. The van der Waals surface area contributed by atoms with E-state index in [0.29, 0.717) is 17.2 Å². The fourth-order valence-electron chi connectivity index (χ4n) is 4.23. The molecule has 0 spiro atoms. The fraction of sp³-hybridized carbons (Fsp3) is 0.273. The maximum absolute atomic E-state index is 13.0. The van der Waals surface area contributed by atoms with Crippen LogP contribution in [0.25, 0.3) is 0 Å². The molecule has 0 saturated heterocycles. The molecule has 8 nitrogen and oxygen atoms in total. The quantitative estimate of drug-likeness (QED) is 0.195. The zero-order chi connectivity index (χ0) is 30.3. The molecule has 4 rings (SSSR count). The SMILES string of the molecule is CC(O)COc1ccc(S(=O)(=O)c2ccc(OCC(O)COc3ccc(C(C)(C)c4ccc(O)cc4)cc3)cc2)cc1. The predicted octanol–water partition coefficient (Wildman–Crippen LogP) is 5.13. The molecule has 4 aromatic rings. The number of aliphatic hydroxyl groups excluding tert-OH is 2. The second-order valence-corrected chi connectivity index (χ2v) is 12.5. The van der Waals surface area contributed by atoms with Crippen LogP contribution in [0.15, 0.2) is 107 Å². The highest BCUT2D eigenvalue weighted by atomic mass is 32.2. The van der Waals surface area contributed by atoms with Crippen LogP contribution in [0.5, 0.6) is 23.0 Å². The highest BCUT2D eigenvalue weighted by Gasteiger charge is 2.23. The first-order chi connectivity index (χ1) is 19.9. The molecule has 3 N–H and O–H groups in total. The summed E-state index contributed by atoms with van der Waals surface area (Å²) in [5.74, 6) is 1.71. The predicted molar refractivity (Wildman–Crippen MR) is 159 cm³/mol. The number of benzene rings is 4. The third-order valence-corrected chi connectivity index (χ3v) is 8.59. The molecular formula is C33H36O8S. The van der Waals surface area contributed by atoms with Gasteiger partial charge in [0, 0.05) is 5.41 Å². The van der Waals surface area contributed by atoms with Gasteiger partial charge in [0.2, 0.25) is 9.84 Å². The van der Waals surface area contributed by atoms with E-state index in [2.05, 4.69) is 13.8 Å². The average molecular weight is 593 g/mol. The van der Waals surface area contributed by atoms with E-state index in [-0.39, 0.29) is 40.8 Å². The Morgan fingerprint density at radius 3 is 1.38 bits per heavy atom. The molecule has 222 valence electrons. The molecule has 0 aromatic heterocycles. The number of ether oxygens (including phenoxy) is 3. The Hall–Kier alpha value is -4.05. The lowest BCUT2D eigenvalue weighted by molar-refractivity contribution is 0.0626. The number of sulfone groups is 1. The summed E-state index contributed by atoms with van der Waals surface area (Å²) in [5, 5.41) is 29.3. The summed E-state index contributed by atoms with van der Waals surface area (Å²) in [6, 6.07) is 26.8. The number of aliphatic hydroxyl groups is 2. The van der Waals surface area contributed by atoms with Gasteiger partial charge in [-0.25, -0.2) is 8.42 Å². The van der Waals surface area contributed by atoms with Gasteiger partial charge in [-0.15, -0.1) is 0 Å². The first kappa shape index (κ1) is 30.9. The van der Waals surface area contributed by atoms with Crippen molar-refractivity contribution in [1.29, 1.82) is 0 Å². The lowest BCUT2D eigenvalue weighted by atomic mass is 9.78. The van der Waals surface area contributed by atoms with Crippen LogP contribution in [0.4, 0.5) is 0 Å². The molecule has 0 saturated carbocycles. The minimum atomic E-state index is -3.74. The molecule has 0 radical (unpaired) electrons. The highest BCUT2D eigenvalue weighted by Crippen LogP contribution is 2.33. The van der Waals surface area contributed by atoms with Gasteiger partial charge in [-0.05, 0) is 90.8 Å². The standard InChI is InChI=1S/C33H36O8S/c1-23(34)20-39-29-12-16-31(17-13-29)42(37,38)32-18-14-30(15-19-32)41-22-27(36)21-40-28-10-6-25(7-11-28)33(2,3)24-4-8-26(35)9-5-24/h4-19,23,27,34-36H,20-22H2,1-3H3. The van der Waals surface area contributed by atoms with Gasteiger partial charge < -0.3 is 29.5 Å². The molecule has 42 heavy (non-hydrogen) atoms. The van der Waals surface area contributed by atoms with Crippen molar-refractivity contribution in [1.82, 2.24) is 0 Å². The second kappa shape index (κ2) is 13.3. The van der Waals surface area contributed by atoms with E-state index in [1.165, 1.54) is 36.4 Å². The van der Waals surface area contributed by atoms with Crippen LogP contribution < -0.4 is 14.2 Å². The molecule has 2 atom stereocenters. The first-order valence-corrected chi connectivity index (χ1v) is 15.0. The highest BCUT2D eigenvalue weighted by molar-refractivity contribution is 7.91. The number of phenolic OH excluding ortho intramolecular Hbond substituents is 1. The number of hydrogen-bond acceptors (Lipinski definition) is 8. The monoisotopic (exact) mass is 592 g/mol. The van der Waals surface area contributed by atoms with Crippen LogP contribution in [0.3, 0.4) is 0 Å². The van der Waals surface area contributed by atoms with Crippen molar-refractivity contribution in [3.8, 4) is 23.0 Å². The van der Waals surface area contributed by atoms with Gasteiger partial charge in [0.15, 0.2) is 0 Å². The maximum Gasteiger partial charge on any atom is 0.206 e. The molecule has 2 unspecified atom stereocenters. The average Bonchev–Trinajstić information content (AvgIpc) is 2.99. The second-order valence-electron chi connectivity index (χ2n) is 10.6. The minimum absolute atomic E-state index is 0.0179. The van der Waals surface area contributed by atoms with Crippen LogP contribution in [0.1, 0.15) is 31.9 Å². The van der Waals surface area contributed by atoms with Crippen molar-refractivity contribution in [3.63, 3.8) is 0 Å². The van der Waals surface area contributed by atoms with Crippen LogP contribution in [-0.4, -0.2) is 55.8 Å². The van der Waals surface area contributed by atoms with E-state index in [0.717, 1.165) is 11.1 Å². The summed E-state index contributed by atoms with van der Waals surface area (Å²) in [5.41, 5.74) is 1.88. The fourth-order valence-corrected chi connectivity index (χ4v) is 5.49. The Kier molecular flexibility index (Phi) is 9.78. The van der Waals surface area contributed by atoms with Crippen LogP contribution in [0.2, 0.25) is 0 Å². The van der Waals surface area contributed by atoms with E-state index >= 15 is 0 Å².